The monoisotopic (exact) mass is 289 g/mol. The van der Waals surface area contributed by atoms with E-state index in [-0.39, 0.29) is 24.3 Å². The highest BCUT2D eigenvalue weighted by Gasteiger charge is 2.07. The first-order valence-corrected chi connectivity index (χ1v) is 5.58. The van der Waals surface area contributed by atoms with Crippen LogP contribution in [0, 0.1) is 5.41 Å². The van der Waals surface area contributed by atoms with E-state index in [0.717, 1.165) is 5.56 Å². The lowest BCUT2D eigenvalue weighted by Crippen LogP contribution is -2.32. The number of aliphatic imine (C=N–C) groups is 1. The van der Waals surface area contributed by atoms with Gasteiger partial charge in [0.25, 0.3) is 0 Å². The first-order chi connectivity index (χ1) is 8.02. The molecule has 0 heterocycles. The maximum Gasteiger partial charge on any atom is 0.221 e. The predicted molar refractivity (Wildman–Crippen MR) is 78.3 cm³/mol. The number of rotatable bonds is 3. The largest absolute Gasteiger partial charge is 0.370 e. The van der Waals surface area contributed by atoms with E-state index in [9.17, 15) is 0 Å². The van der Waals surface area contributed by atoms with Crippen molar-refractivity contribution >= 4 is 35.9 Å². The minimum Gasteiger partial charge on any atom is -0.370 e. The van der Waals surface area contributed by atoms with Crippen molar-refractivity contribution in [2.45, 2.75) is 13.5 Å². The van der Waals surface area contributed by atoms with Crippen LogP contribution in [0.4, 0.5) is 0 Å². The van der Waals surface area contributed by atoms with Crippen molar-refractivity contribution in [2.75, 3.05) is 6.54 Å². The van der Waals surface area contributed by atoms with Gasteiger partial charge in [0.1, 0.15) is 0 Å². The van der Waals surface area contributed by atoms with Gasteiger partial charge < -0.3 is 16.4 Å². The summed E-state index contributed by atoms with van der Waals surface area (Å²) in [6.07, 6.45) is 0. The van der Waals surface area contributed by atoms with Crippen molar-refractivity contribution in [3.05, 3.63) is 34.9 Å². The molecule has 1 aromatic rings. The van der Waals surface area contributed by atoms with Crippen LogP contribution >= 0.6 is 24.0 Å². The van der Waals surface area contributed by atoms with E-state index in [0.29, 0.717) is 18.1 Å². The molecule has 0 amide bonds. The van der Waals surface area contributed by atoms with Crippen LogP contribution in [0.25, 0.3) is 0 Å². The van der Waals surface area contributed by atoms with Crippen molar-refractivity contribution in [2.24, 2.45) is 16.5 Å². The van der Waals surface area contributed by atoms with E-state index >= 15 is 0 Å². The second kappa shape index (κ2) is 7.79. The van der Waals surface area contributed by atoms with Gasteiger partial charge in [-0.25, -0.2) is 0 Å². The lowest BCUT2D eigenvalue weighted by Gasteiger charge is -2.20. The van der Waals surface area contributed by atoms with Crippen molar-refractivity contribution in [3.8, 4) is 0 Å². The molecule has 1 aromatic carbocycles. The fourth-order valence-corrected chi connectivity index (χ4v) is 1.47. The van der Waals surface area contributed by atoms with Crippen LogP contribution in [0.3, 0.4) is 0 Å². The molecule has 0 saturated heterocycles. The highest BCUT2D eigenvalue weighted by molar-refractivity contribution is 6.30. The Hall–Kier alpha value is -1.46. The Balaban J connectivity index is 0.00000289. The first-order valence-electron chi connectivity index (χ1n) is 5.20. The Bertz CT molecular complexity index is 412. The van der Waals surface area contributed by atoms with Gasteiger partial charge in [-0.1, -0.05) is 23.7 Å². The van der Waals surface area contributed by atoms with Crippen LogP contribution < -0.4 is 11.5 Å². The van der Waals surface area contributed by atoms with E-state index in [1.807, 2.05) is 31.2 Å². The van der Waals surface area contributed by atoms with E-state index in [1.165, 1.54) is 0 Å². The number of nitrogens with zero attached hydrogens (tertiary/aromatic N) is 2. The van der Waals surface area contributed by atoms with E-state index in [1.54, 1.807) is 4.90 Å². The van der Waals surface area contributed by atoms with Gasteiger partial charge in [-0.2, -0.15) is 4.99 Å². The Labute approximate surface area is 118 Å². The Morgan fingerprint density at radius 2 is 1.89 bits per heavy atom. The van der Waals surface area contributed by atoms with Gasteiger partial charge in [0.2, 0.25) is 5.96 Å². The molecule has 0 aliphatic heterocycles. The molecule has 18 heavy (non-hydrogen) atoms. The Kier molecular flexibility index (Phi) is 7.16. The van der Waals surface area contributed by atoms with Gasteiger partial charge in [0, 0.05) is 18.1 Å². The number of nitrogens with two attached hydrogens (primary N) is 2. The molecular formula is C11H17Cl2N5. The zero-order valence-electron chi connectivity index (χ0n) is 10.1. The second-order valence-electron chi connectivity index (χ2n) is 3.50. The fourth-order valence-electron chi connectivity index (χ4n) is 1.34. The van der Waals surface area contributed by atoms with Crippen molar-refractivity contribution in [1.29, 1.82) is 5.41 Å². The molecule has 0 spiro atoms. The molecule has 0 aromatic heterocycles. The average Bonchev–Trinajstić information content (AvgIpc) is 2.27. The number of benzene rings is 1. The number of hydrogen-bond acceptors (Lipinski definition) is 1. The van der Waals surface area contributed by atoms with Gasteiger partial charge in [0.05, 0.1) is 0 Å². The molecule has 0 aliphatic carbocycles. The third-order valence-electron chi connectivity index (χ3n) is 2.20. The third-order valence-corrected chi connectivity index (χ3v) is 2.45. The molecule has 1 rings (SSSR count). The van der Waals surface area contributed by atoms with Crippen molar-refractivity contribution in [3.63, 3.8) is 0 Å². The molecule has 0 unspecified atom stereocenters. The van der Waals surface area contributed by atoms with Gasteiger partial charge in [-0.3, -0.25) is 5.41 Å². The van der Waals surface area contributed by atoms with Crippen LogP contribution in [0.5, 0.6) is 0 Å². The first kappa shape index (κ1) is 16.5. The normalized spacial score (nSPS) is 9.22. The minimum absolute atomic E-state index is 0. The Morgan fingerprint density at radius 3 is 2.33 bits per heavy atom. The van der Waals surface area contributed by atoms with Crippen LogP contribution in [-0.2, 0) is 6.54 Å². The summed E-state index contributed by atoms with van der Waals surface area (Å²) < 4.78 is 0. The summed E-state index contributed by atoms with van der Waals surface area (Å²) in [6.45, 7) is 3.16. The predicted octanol–water partition coefficient (Wildman–Crippen LogP) is 1.79. The number of halogens is 2. The summed E-state index contributed by atoms with van der Waals surface area (Å²) in [5.74, 6) is -0.0491. The second-order valence-corrected chi connectivity index (χ2v) is 3.94. The topological polar surface area (TPSA) is 91.5 Å². The number of guanidine groups is 2. The van der Waals surface area contributed by atoms with Crippen molar-refractivity contribution < 1.29 is 0 Å². The molecule has 0 aliphatic rings. The maximum atomic E-state index is 7.72. The SMILES string of the molecule is CCN(Cc1ccc(Cl)cc1)C(=N)N=C(N)N.Cl. The smallest absolute Gasteiger partial charge is 0.221 e. The quantitative estimate of drug-likeness (QED) is 0.585. The van der Waals surface area contributed by atoms with Crippen LogP contribution in [-0.4, -0.2) is 23.4 Å². The highest BCUT2D eigenvalue weighted by atomic mass is 35.5. The summed E-state index contributed by atoms with van der Waals surface area (Å²) in [7, 11) is 0. The minimum atomic E-state index is -0.107. The van der Waals surface area contributed by atoms with E-state index in [2.05, 4.69) is 4.99 Å². The average molecular weight is 290 g/mol. The molecule has 5 nitrogen and oxygen atoms in total. The van der Waals surface area contributed by atoms with Crippen LogP contribution in [0.15, 0.2) is 29.3 Å². The summed E-state index contributed by atoms with van der Waals surface area (Å²) in [5.41, 5.74) is 11.5. The van der Waals surface area contributed by atoms with Gasteiger partial charge in [0.15, 0.2) is 5.96 Å². The molecule has 0 radical (unpaired) electrons. The number of nitrogens with one attached hydrogen (secondary N) is 1. The summed E-state index contributed by atoms with van der Waals surface area (Å²) in [5, 5.41) is 8.41. The highest BCUT2D eigenvalue weighted by Crippen LogP contribution is 2.11. The zero-order valence-corrected chi connectivity index (χ0v) is 11.6. The van der Waals surface area contributed by atoms with E-state index in [4.69, 9.17) is 28.5 Å². The van der Waals surface area contributed by atoms with Gasteiger partial charge in [-0.05, 0) is 24.6 Å². The molecule has 0 atom stereocenters. The molecule has 0 fully saturated rings. The number of hydrogen-bond donors (Lipinski definition) is 3. The van der Waals surface area contributed by atoms with Crippen LogP contribution in [0.2, 0.25) is 5.02 Å². The lowest BCUT2D eigenvalue weighted by atomic mass is 10.2. The molecule has 0 bridgehead atoms. The molecule has 7 heteroatoms. The molecule has 0 saturated carbocycles. The van der Waals surface area contributed by atoms with Crippen LogP contribution in [0.1, 0.15) is 12.5 Å². The Morgan fingerprint density at radius 1 is 1.33 bits per heavy atom. The molecule has 5 N–H and O–H groups in total. The van der Waals surface area contributed by atoms with Crippen molar-refractivity contribution in [1.82, 2.24) is 4.90 Å². The van der Waals surface area contributed by atoms with Gasteiger partial charge >= 0.3 is 0 Å². The summed E-state index contributed by atoms with van der Waals surface area (Å²) in [4.78, 5) is 5.47. The molecule has 100 valence electrons. The third kappa shape index (κ3) is 5.25. The summed E-state index contributed by atoms with van der Waals surface area (Å²) >= 11 is 5.80. The van der Waals surface area contributed by atoms with E-state index < -0.39 is 0 Å². The molecular weight excluding hydrogens is 273 g/mol. The fraction of sp³-hybridized carbons (Fsp3) is 0.273. The summed E-state index contributed by atoms with van der Waals surface area (Å²) in [6, 6.07) is 7.45. The standard InChI is InChI=1S/C11H16ClN5.ClH/c1-2-17(11(15)16-10(13)14)7-8-3-5-9(12)6-4-8;/h3-6H,2,7H2,1H3,(H5,13,14,15,16);1H. The lowest BCUT2D eigenvalue weighted by molar-refractivity contribution is 0.428. The maximum absolute atomic E-state index is 7.72. The van der Waals surface area contributed by atoms with Gasteiger partial charge in [-0.15, -0.1) is 12.4 Å². The zero-order chi connectivity index (χ0) is 12.8.